The second-order valence-electron chi connectivity index (χ2n) is 4.28. The van der Waals surface area contributed by atoms with Gasteiger partial charge in [-0.3, -0.25) is 0 Å². The van der Waals surface area contributed by atoms with Gasteiger partial charge >= 0.3 is 0 Å². The van der Waals surface area contributed by atoms with E-state index in [-0.39, 0.29) is 0 Å². The van der Waals surface area contributed by atoms with Crippen LogP contribution in [0, 0.1) is 6.92 Å². The Morgan fingerprint density at radius 2 is 2.07 bits per heavy atom. The molecule has 0 saturated heterocycles. The lowest BCUT2D eigenvalue weighted by molar-refractivity contribution is 0.644. The maximum atomic E-state index is 5.62. The number of nitrogens with two attached hydrogens (primary N) is 1. The maximum Gasteiger partial charge on any atom is 0.221 e. The molecule has 4 heteroatoms. The number of hydrogen-bond acceptors (Lipinski definition) is 4. The fourth-order valence-electron chi connectivity index (χ4n) is 2.27. The van der Waals surface area contributed by atoms with Gasteiger partial charge in [0, 0.05) is 24.8 Å². The Labute approximate surface area is 90.5 Å². The van der Waals surface area contributed by atoms with Gasteiger partial charge in [0.2, 0.25) is 5.95 Å². The summed E-state index contributed by atoms with van der Waals surface area (Å²) in [5, 5.41) is 0. The van der Waals surface area contributed by atoms with Gasteiger partial charge < -0.3 is 10.6 Å². The van der Waals surface area contributed by atoms with Crippen molar-refractivity contribution in [3.63, 3.8) is 0 Å². The van der Waals surface area contributed by atoms with E-state index in [2.05, 4.69) is 21.9 Å². The third-order valence-electron chi connectivity index (χ3n) is 3.17. The Hall–Kier alpha value is -1.32. The molecule has 1 aromatic heterocycles. The summed E-state index contributed by atoms with van der Waals surface area (Å²) in [6.45, 7) is 2.03. The summed E-state index contributed by atoms with van der Waals surface area (Å²) in [7, 11) is 2.10. The lowest BCUT2D eigenvalue weighted by Crippen LogP contribution is -2.30. The van der Waals surface area contributed by atoms with Crippen molar-refractivity contribution in [1.29, 1.82) is 0 Å². The number of hydrogen-bond donors (Lipinski definition) is 1. The highest BCUT2D eigenvalue weighted by molar-refractivity contribution is 5.48. The number of nitrogen functional groups attached to an aromatic ring is 1. The van der Waals surface area contributed by atoms with Gasteiger partial charge in [-0.15, -0.1) is 0 Å². The number of rotatable bonds is 2. The monoisotopic (exact) mass is 206 g/mol. The summed E-state index contributed by atoms with van der Waals surface area (Å²) in [5.74, 6) is 1.34. The molecular formula is C11H18N4. The molecule has 1 aliphatic carbocycles. The molecule has 0 radical (unpaired) electrons. The van der Waals surface area contributed by atoms with Crippen molar-refractivity contribution in [2.45, 2.75) is 38.6 Å². The van der Waals surface area contributed by atoms with Gasteiger partial charge in [-0.25, -0.2) is 4.98 Å². The summed E-state index contributed by atoms with van der Waals surface area (Å²) in [5.41, 5.74) is 6.71. The molecule has 0 aliphatic heterocycles. The van der Waals surface area contributed by atoms with E-state index >= 15 is 0 Å². The second kappa shape index (κ2) is 4.04. The molecule has 1 aromatic rings. The molecule has 0 atom stereocenters. The van der Waals surface area contributed by atoms with Gasteiger partial charge in [0.15, 0.2) is 0 Å². The summed E-state index contributed by atoms with van der Waals surface area (Å²) >= 11 is 0. The Bertz CT molecular complexity index is 344. The minimum atomic E-state index is 0.362. The normalized spacial score (nSPS) is 16.9. The molecule has 2 N–H and O–H groups in total. The molecule has 1 fully saturated rings. The van der Waals surface area contributed by atoms with Crippen LogP contribution in [-0.2, 0) is 0 Å². The van der Waals surface area contributed by atoms with Crippen LogP contribution in [0.4, 0.5) is 11.8 Å². The van der Waals surface area contributed by atoms with Gasteiger partial charge in [-0.05, 0) is 19.8 Å². The summed E-state index contributed by atoms with van der Waals surface area (Å²) < 4.78 is 0. The van der Waals surface area contributed by atoms with Crippen LogP contribution < -0.4 is 10.6 Å². The van der Waals surface area contributed by atoms with Gasteiger partial charge in [0.05, 0.1) is 0 Å². The van der Waals surface area contributed by atoms with E-state index in [4.69, 9.17) is 5.73 Å². The second-order valence-corrected chi connectivity index (χ2v) is 4.28. The third-order valence-corrected chi connectivity index (χ3v) is 3.17. The molecule has 1 saturated carbocycles. The fourth-order valence-corrected chi connectivity index (χ4v) is 2.27. The van der Waals surface area contributed by atoms with Crippen LogP contribution in [0.25, 0.3) is 0 Å². The standard InChI is InChI=1S/C11H18N4/c1-8-7-13-11(12)14-10(8)15(2)9-5-3-4-6-9/h7,9H,3-6H2,1-2H3,(H2,12,13,14). The van der Waals surface area contributed by atoms with Crippen LogP contribution in [-0.4, -0.2) is 23.1 Å². The molecule has 0 bridgehead atoms. The Morgan fingerprint density at radius 3 is 2.73 bits per heavy atom. The van der Waals surface area contributed by atoms with Crippen molar-refractivity contribution < 1.29 is 0 Å². The topological polar surface area (TPSA) is 55.0 Å². The smallest absolute Gasteiger partial charge is 0.221 e. The zero-order valence-electron chi connectivity index (χ0n) is 9.40. The average molecular weight is 206 g/mol. The molecule has 0 aromatic carbocycles. The lowest BCUT2D eigenvalue weighted by atomic mass is 10.2. The van der Waals surface area contributed by atoms with E-state index in [1.54, 1.807) is 6.20 Å². The van der Waals surface area contributed by atoms with E-state index in [1.807, 2.05) is 6.92 Å². The van der Waals surface area contributed by atoms with Gasteiger partial charge in [0.1, 0.15) is 5.82 Å². The highest BCUT2D eigenvalue weighted by atomic mass is 15.2. The van der Waals surface area contributed by atoms with Crippen molar-refractivity contribution in [1.82, 2.24) is 9.97 Å². The van der Waals surface area contributed by atoms with E-state index in [0.29, 0.717) is 12.0 Å². The molecule has 4 nitrogen and oxygen atoms in total. The van der Waals surface area contributed by atoms with Crippen LogP contribution in [0.3, 0.4) is 0 Å². The van der Waals surface area contributed by atoms with Crippen molar-refractivity contribution in [3.05, 3.63) is 11.8 Å². The summed E-state index contributed by atoms with van der Waals surface area (Å²) in [6.07, 6.45) is 6.98. The first-order chi connectivity index (χ1) is 7.18. The quantitative estimate of drug-likeness (QED) is 0.801. The Morgan fingerprint density at radius 1 is 1.40 bits per heavy atom. The minimum absolute atomic E-state index is 0.362. The first-order valence-electron chi connectivity index (χ1n) is 5.50. The lowest BCUT2D eigenvalue weighted by Gasteiger charge is -2.26. The van der Waals surface area contributed by atoms with Gasteiger partial charge in [-0.2, -0.15) is 4.98 Å². The molecule has 0 unspecified atom stereocenters. The summed E-state index contributed by atoms with van der Waals surface area (Å²) in [4.78, 5) is 10.5. The van der Waals surface area contributed by atoms with Crippen LogP contribution >= 0.6 is 0 Å². The van der Waals surface area contributed by atoms with Crippen molar-refractivity contribution in [3.8, 4) is 0 Å². The van der Waals surface area contributed by atoms with Crippen molar-refractivity contribution in [2.75, 3.05) is 17.7 Å². The molecular weight excluding hydrogens is 188 g/mol. The predicted molar refractivity (Wildman–Crippen MR) is 61.8 cm³/mol. The Kier molecular flexibility index (Phi) is 2.75. The van der Waals surface area contributed by atoms with E-state index in [9.17, 15) is 0 Å². The highest BCUT2D eigenvalue weighted by Crippen LogP contribution is 2.27. The largest absolute Gasteiger partial charge is 0.368 e. The minimum Gasteiger partial charge on any atom is -0.368 e. The molecule has 1 heterocycles. The van der Waals surface area contributed by atoms with Crippen molar-refractivity contribution in [2.24, 2.45) is 0 Å². The summed E-state index contributed by atoms with van der Waals surface area (Å²) in [6, 6.07) is 0.623. The van der Waals surface area contributed by atoms with Crippen LogP contribution in [0.2, 0.25) is 0 Å². The number of nitrogens with zero attached hydrogens (tertiary/aromatic N) is 3. The average Bonchev–Trinajstić information content (AvgIpc) is 2.74. The third kappa shape index (κ3) is 2.03. The number of aromatic nitrogens is 2. The molecule has 82 valence electrons. The molecule has 2 rings (SSSR count). The number of anilines is 2. The zero-order chi connectivity index (χ0) is 10.8. The maximum absolute atomic E-state index is 5.62. The van der Waals surface area contributed by atoms with Crippen molar-refractivity contribution >= 4 is 11.8 Å². The van der Waals surface area contributed by atoms with E-state index < -0.39 is 0 Å². The molecule has 0 spiro atoms. The first-order valence-corrected chi connectivity index (χ1v) is 5.50. The highest BCUT2D eigenvalue weighted by Gasteiger charge is 2.21. The van der Waals surface area contributed by atoms with Gasteiger partial charge in [0.25, 0.3) is 0 Å². The SMILES string of the molecule is Cc1cnc(N)nc1N(C)C1CCCC1. The first kappa shape index (κ1) is 10.2. The van der Waals surface area contributed by atoms with Crippen LogP contribution in [0.1, 0.15) is 31.2 Å². The molecule has 0 amide bonds. The molecule has 1 aliphatic rings. The zero-order valence-corrected chi connectivity index (χ0v) is 9.40. The number of aryl methyl sites for hydroxylation is 1. The Balaban J connectivity index is 2.23. The van der Waals surface area contributed by atoms with E-state index in [1.165, 1.54) is 25.7 Å². The fraction of sp³-hybridized carbons (Fsp3) is 0.636. The van der Waals surface area contributed by atoms with Gasteiger partial charge in [-0.1, -0.05) is 12.8 Å². The van der Waals surface area contributed by atoms with Crippen LogP contribution in [0.15, 0.2) is 6.20 Å². The predicted octanol–water partition coefficient (Wildman–Crippen LogP) is 1.75. The molecule has 15 heavy (non-hydrogen) atoms. The van der Waals surface area contributed by atoms with Crippen LogP contribution in [0.5, 0.6) is 0 Å². The van der Waals surface area contributed by atoms with E-state index in [0.717, 1.165) is 11.4 Å².